The lowest BCUT2D eigenvalue weighted by Gasteiger charge is -2.32. The van der Waals surface area contributed by atoms with Crippen molar-refractivity contribution in [2.75, 3.05) is 13.1 Å². The van der Waals surface area contributed by atoms with E-state index in [-0.39, 0.29) is 23.3 Å². The van der Waals surface area contributed by atoms with Crippen molar-refractivity contribution < 1.29 is 9.59 Å². The summed E-state index contributed by atoms with van der Waals surface area (Å²) in [5.74, 6) is -0.649. The molecule has 166 valence electrons. The molecule has 1 atom stereocenters. The highest BCUT2D eigenvalue weighted by Gasteiger charge is 2.30. The molecule has 0 aliphatic heterocycles. The summed E-state index contributed by atoms with van der Waals surface area (Å²) >= 11 is 0. The number of hydrogen-bond acceptors (Lipinski definition) is 3. The molecular formula is C26H29N3O3. The van der Waals surface area contributed by atoms with Gasteiger partial charge in [0.15, 0.2) is 0 Å². The minimum atomic E-state index is -0.690. The largest absolute Gasteiger partial charge is 0.355 e. The first-order chi connectivity index (χ1) is 15.4. The van der Waals surface area contributed by atoms with Crippen molar-refractivity contribution in [1.29, 1.82) is 0 Å². The second-order valence-corrected chi connectivity index (χ2v) is 7.80. The lowest BCUT2D eigenvalue weighted by Crippen LogP contribution is -2.49. The number of carbonyl (C=O) groups is 2. The van der Waals surface area contributed by atoms with Crippen molar-refractivity contribution in [3.63, 3.8) is 0 Å². The van der Waals surface area contributed by atoms with Gasteiger partial charge in [-0.15, -0.1) is 0 Å². The van der Waals surface area contributed by atoms with Gasteiger partial charge in [0.2, 0.25) is 5.91 Å². The maximum atomic E-state index is 13.6. The number of amides is 2. The number of likely N-dealkylation sites (N-methyl/N-ethyl adjacent to an activating group) is 1. The molecule has 2 N–H and O–H groups in total. The highest BCUT2D eigenvalue weighted by molar-refractivity contribution is 5.97. The van der Waals surface area contributed by atoms with Gasteiger partial charge in [-0.2, -0.15) is 0 Å². The van der Waals surface area contributed by atoms with Crippen LogP contribution in [0.5, 0.6) is 0 Å². The zero-order valence-corrected chi connectivity index (χ0v) is 18.7. The van der Waals surface area contributed by atoms with Crippen LogP contribution in [0.3, 0.4) is 0 Å². The summed E-state index contributed by atoms with van der Waals surface area (Å²) in [6.07, 6.45) is 1.41. The SMILES string of the molecule is CCNC(=O)C(C)N(CC(c1ccccc1)c1ccccc1)C(=O)c1c[nH]c(=O)c(C)c1. The fraction of sp³-hybridized carbons (Fsp3) is 0.269. The molecular weight excluding hydrogens is 402 g/mol. The maximum absolute atomic E-state index is 13.6. The average molecular weight is 432 g/mol. The summed E-state index contributed by atoms with van der Waals surface area (Å²) in [4.78, 5) is 42.3. The summed E-state index contributed by atoms with van der Waals surface area (Å²) in [6.45, 7) is 6.02. The maximum Gasteiger partial charge on any atom is 0.256 e. The Labute approximate surface area is 188 Å². The Morgan fingerprint density at radius 3 is 2.06 bits per heavy atom. The number of carbonyl (C=O) groups excluding carboxylic acids is 2. The van der Waals surface area contributed by atoms with Crippen LogP contribution in [0.25, 0.3) is 0 Å². The van der Waals surface area contributed by atoms with E-state index in [0.717, 1.165) is 11.1 Å². The molecule has 0 fully saturated rings. The van der Waals surface area contributed by atoms with Gasteiger partial charge in [0.1, 0.15) is 6.04 Å². The molecule has 0 saturated carbocycles. The normalized spacial score (nSPS) is 11.8. The first kappa shape index (κ1) is 23.0. The Bertz CT molecular complexity index is 1070. The van der Waals surface area contributed by atoms with Gasteiger partial charge in [-0.3, -0.25) is 14.4 Å². The number of rotatable bonds is 8. The number of benzene rings is 2. The standard InChI is InChI=1S/C26H29N3O3/c1-4-27-25(31)19(3)29(26(32)22-15-18(2)24(30)28-16-22)17-23(20-11-7-5-8-12-20)21-13-9-6-10-14-21/h5-16,19,23H,4,17H2,1-3H3,(H,27,31)(H,28,30). The molecule has 1 aromatic heterocycles. The molecule has 6 heteroatoms. The zero-order valence-electron chi connectivity index (χ0n) is 18.7. The molecule has 2 amide bonds. The smallest absolute Gasteiger partial charge is 0.256 e. The van der Waals surface area contributed by atoms with E-state index in [4.69, 9.17) is 0 Å². The molecule has 0 radical (unpaired) electrons. The Hall–Kier alpha value is -3.67. The molecule has 0 saturated heterocycles. The lowest BCUT2D eigenvalue weighted by molar-refractivity contribution is -0.125. The van der Waals surface area contributed by atoms with Crippen LogP contribution in [0.15, 0.2) is 77.7 Å². The number of nitrogens with zero attached hydrogens (tertiary/aromatic N) is 1. The monoisotopic (exact) mass is 431 g/mol. The van der Waals surface area contributed by atoms with E-state index in [9.17, 15) is 14.4 Å². The van der Waals surface area contributed by atoms with Gasteiger partial charge >= 0.3 is 0 Å². The number of hydrogen-bond donors (Lipinski definition) is 2. The van der Waals surface area contributed by atoms with E-state index in [1.807, 2.05) is 67.6 Å². The summed E-state index contributed by atoms with van der Waals surface area (Å²) < 4.78 is 0. The number of pyridine rings is 1. The molecule has 0 spiro atoms. The van der Waals surface area contributed by atoms with Gasteiger partial charge in [0, 0.05) is 30.8 Å². The number of aromatic nitrogens is 1. The van der Waals surface area contributed by atoms with E-state index in [1.54, 1.807) is 24.8 Å². The Morgan fingerprint density at radius 2 is 1.56 bits per heavy atom. The minimum absolute atomic E-state index is 0.123. The third-order valence-corrected chi connectivity index (χ3v) is 5.58. The third kappa shape index (κ3) is 5.32. The van der Waals surface area contributed by atoms with Crippen molar-refractivity contribution >= 4 is 11.8 Å². The van der Waals surface area contributed by atoms with Crippen LogP contribution < -0.4 is 10.9 Å². The van der Waals surface area contributed by atoms with Gasteiger partial charge in [0.05, 0.1) is 5.56 Å². The molecule has 0 aliphatic carbocycles. The molecule has 1 heterocycles. The Morgan fingerprint density at radius 1 is 1.00 bits per heavy atom. The van der Waals surface area contributed by atoms with Crippen LogP contribution in [0.2, 0.25) is 0 Å². The summed E-state index contributed by atoms with van der Waals surface area (Å²) in [5.41, 5.74) is 2.66. The Kier molecular flexibility index (Phi) is 7.60. The predicted octanol–water partition coefficient (Wildman–Crippen LogP) is 3.48. The quantitative estimate of drug-likeness (QED) is 0.573. The van der Waals surface area contributed by atoms with Gasteiger partial charge < -0.3 is 15.2 Å². The second kappa shape index (κ2) is 10.6. The van der Waals surface area contributed by atoms with Crippen LogP contribution >= 0.6 is 0 Å². The van der Waals surface area contributed by atoms with Crippen LogP contribution in [-0.4, -0.2) is 40.8 Å². The van der Waals surface area contributed by atoms with E-state index in [2.05, 4.69) is 10.3 Å². The molecule has 3 aromatic rings. The molecule has 1 unspecified atom stereocenters. The average Bonchev–Trinajstić information content (AvgIpc) is 2.82. The number of aryl methyl sites for hydroxylation is 1. The van der Waals surface area contributed by atoms with Crippen molar-refractivity contribution in [2.45, 2.75) is 32.7 Å². The minimum Gasteiger partial charge on any atom is -0.355 e. The fourth-order valence-electron chi connectivity index (χ4n) is 3.74. The third-order valence-electron chi connectivity index (χ3n) is 5.58. The van der Waals surface area contributed by atoms with Gasteiger partial charge in [-0.05, 0) is 38.0 Å². The molecule has 6 nitrogen and oxygen atoms in total. The first-order valence-electron chi connectivity index (χ1n) is 10.8. The second-order valence-electron chi connectivity index (χ2n) is 7.80. The van der Waals surface area contributed by atoms with Gasteiger partial charge in [-0.25, -0.2) is 0 Å². The van der Waals surface area contributed by atoms with E-state index < -0.39 is 6.04 Å². The van der Waals surface area contributed by atoms with E-state index in [0.29, 0.717) is 24.2 Å². The number of aromatic amines is 1. The summed E-state index contributed by atoms with van der Waals surface area (Å²) in [5, 5.41) is 2.81. The molecule has 32 heavy (non-hydrogen) atoms. The topological polar surface area (TPSA) is 82.3 Å². The zero-order chi connectivity index (χ0) is 23.1. The highest BCUT2D eigenvalue weighted by atomic mass is 16.2. The van der Waals surface area contributed by atoms with Crippen LogP contribution in [0, 0.1) is 6.92 Å². The van der Waals surface area contributed by atoms with Crippen LogP contribution in [0.1, 0.15) is 46.8 Å². The van der Waals surface area contributed by atoms with Crippen LogP contribution in [0.4, 0.5) is 0 Å². The van der Waals surface area contributed by atoms with Crippen molar-refractivity contribution in [3.8, 4) is 0 Å². The highest BCUT2D eigenvalue weighted by Crippen LogP contribution is 2.27. The number of nitrogens with one attached hydrogen (secondary N) is 2. The predicted molar refractivity (Wildman–Crippen MR) is 126 cm³/mol. The molecule has 3 rings (SSSR count). The Balaban J connectivity index is 2.04. The van der Waals surface area contributed by atoms with Gasteiger partial charge in [-0.1, -0.05) is 60.7 Å². The summed E-state index contributed by atoms with van der Waals surface area (Å²) in [6, 6.07) is 20.8. The van der Waals surface area contributed by atoms with E-state index in [1.165, 1.54) is 6.20 Å². The van der Waals surface area contributed by atoms with Gasteiger partial charge in [0.25, 0.3) is 11.5 Å². The van der Waals surface area contributed by atoms with E-state index >= 15 is 0 Å². The molecule has 2 aromatic carbocycles. The van der Waals surface area contributed by atoms with Crippen molar-refractivity contribution in [1.82, 2.24) is 15.2 Å². The van der Waals surface area contributed by atoms with Crippen LogP contribution in [-0.2, 0) is 4.79 Å². The number of H-pyrrole nitrogens is 1. The first-order valence-corrected chi connectivity index (χ1v) is 10.8. The summed E-state index contributed by atoms with van der Waals surface area (Å²) in [7, 11) is 0. The van der Waals surface area contributed by atoms with Crippen molar-refractivity contribution in [2.24, 2.45) is 0 Å². The fourth-order valence-corrected chi connectivity index (χ4v) is 3.74. The van der Waals surface area contributed by atoms with Crippen molar-refractivity contribution in [3.05, 3.63) is 106 Å². The lowest BCUT2D eigenvalue weighted by atomic mass is 9.90. The molecule has 0 aliphatic rings. The molecule has 0 bridgehead atoms.